The number of ketones is 1. The molecule has 0 bridgehead atoms. The number of rotatable bonds is 13. The summed E-state index contributed by atoms with van der Waals surface area (Å²) in [6, 6.07) is 9.08. The maximum Gasteiger partial charge on any atom is 0.417 e. The van der Waals surface area contributed by atoms with Gasteiger partial charge in [0.05, 0.1) is 16.5 Å². The maximum absolute atomic E-state index is 13.0. The molecular formula is C29H35Cl2NO8S. The van der Waals surface area contributed by atoms with Crippen LogP contribution in [0.4, 0.5) is 4.79 Å². The lowest BCUT2D eigenvalue weighted by Gasteiger charge is -2.26. The van der Waals surface area contributed by atoms with Crippen LogP contribution in [0.1, 0.15) is 62.9 Å². The molecule has 0 aliphatic carbocycles. The Morgan fingerprint density at radius 1 is 0.976 bits per heavy atom. The lowest BCUT2D eigenvalue weighted by atomic mass is 10.0. The van der Waals surface area contributed by atoms with Gasteiger partial charge in [0.15, 0.2) is 12.4 Å². The summed E-state index contributed by atoms with van der Waals surface area (Å²) in [4.78, 5) is 39.2. The van der Waals surface area contributed by atoms with Gasteiger partial charge in [0.25, 0.3) is 16.0 Å². The van der Waals surface area contributed by atoms with Crippen molar-refractivity contribution in [1.29, 1.82) is 0 Å². The predicted molar refractivity (Wildman–Crippen MR) is 157 cm³/mol. The molecule has 2 aromatic carbocycles. The van der Waals surface area contributed by atoms with E-state index in [-0.39, 0.29) is 58.0 Å². The van der Waals surface area contributed by atoms with E-state index in [2.05, 4.69) is 6.58 Å². The highest BCUT2D eigenvalue weighted by molar-refractivity contribution is 7.86. The van der Waals surface area contributed by atoms with Gasteiger partial charge in [0.1, 0.15) is 16.4 Å². The summed E-state index contributed by atoms with van der Waals surface area (Å²) < 4.78 is 40.7. The molecule has 0 saturated heterocycles. The molecule has 0 aliphatic heterocycles. The van der Waals surface area contributed by atoms with Gasteiger partial charge < -0.3 is 9.47 Å². The van der Waals surface area contributed by atoms with Gasteiger partial charge >= 0.3 is 6.09 Å². The first-order valence-corrected chi connectivity index (χ1v) is 15.1. The molecule has 9 nitrogen and oxygen atoms in total. The van der Waals surface area contributed by atoms with Gasteiger partial charge in [-0.25, -0.2) is 9.69 Å². The first-order valence-electron chi connectivity index (χ1n) is 12.9. The zero-order valence-electron chi connectivity index (χ0n) is 23.8. The molecule has 0 aromatic heterocycles. The molecule has 0 heterocycles. The highest BCUT2D eigenvalue weighted by Crippen LogP contribution is 2.36. The molecule has 0 saturated carbocycles. The molecule has 0 N–H and O–H groups in total. The first kappa shape index (κ1) is 34.3. The number of halogens is 2. The summed E-state index contributed by atoms with van der Waals surface area (Å²) >= 11 is 12.6. The van der Waals surface area contributed by atoms with E-state index in [4.69, 9.17) is 36.9 Å². The van der Waals surface area contributed by atoms with Crippen molar-refractivity contribution >= 4 is 51.1 Å². The molecular weight excluding hydrogens is 593 g/mol. The number of carbonyl (C=O) groups is 3. The van der Waals surface area contributed by atoms with Gasteiger partial charge in [-0.2, -0.15) is 8.42 Å². The molecule has 41 heavy (non-hydrogen) atoms. The van der Waals surface area contributed by atoms with Crippen molar-refractivity contribution in [2.75, 3.05) is 19.8 Å². The van der Waals surface area contributed by atoms with Crippen LogP contribution in [0, 0.1) is 6.92 Å². The zero-order chi connectivity index (χ0) is 31.0. The second kappa shape index (κ2) is 14.8. The summed E-state index contributed by atoms with van der Waals surface area (Å²) in [5.74, 6) is -1.03. The molecule has 2 aromatic rings. The first-order chi connectivity index (χ1) is 19.1. The van der Waals surface area contributed by atoms with Crippen LogP contribution in [0.3, 0.4) is 0 Å². The number of amides is 2. The van der Waals surface area contributed by atoms with Gasteiger partial charge in [-0.05, 0) is 76.8 Å². The number of aryl methyl sites for hydroxylation is 1. The molecule has 0 radical (unpaired) electrons. The highest BCUT2D eigenvalue weighted by atomic mass is 35.5. The standard InChI is InChI=1S/C29H35Cl2NO8S/c1-7-20(3)27(34)22-14-15-23(26(31)25(22)30)38-18-24(33)32(28(35)40-29(4,5)6)16-8-9-17-39-41(36,37)21-12-10-19(2)11-13-21/h10-15H,3,7-9,16-18H2,1-2,4-6H3. The van der Waals surface area contributed by atoms with Gasteiger partial charge in [0, 0.05) is 12.1 Å². The minimum Gasteiger partial charge on any atom is -0.482 e. The van der Waals surface area contributed by atoms with E-state index >= 15 is 0 Å². The topological polar surface area (TPSA) is 116 Å². The van der Waals surface area contributed by atoms with Crippen LogP contribution in [0.15, 0.2) is 53.4 Å². The summed E-state index contributed by atoms with van der Waals surface area (Å²) in [5.41, 5.74) is 0.557. The Morgan fingerprint density at radius 3 is 2.20 bits per heavy atom. The van der Waals surface area contributed by atoms with Crippen molar-refractivity contribution in [2.24, 2.45) is 0 Å². The van der Waals surface area contributed by atoms with Crippen LogP contribution in [0.25, 0.3) is 0 Å². The van der Waals surface area contributed by atoms with E-state index in [0.717, 1.165) is 10.5 Å². The Kier molecular flexibility index (Phi) is 12.4. The molecule has 0 aliphatic rings. The summed E-state index contributed by atoms with van der Waals surface area (Å²) in [5, 5.41) is -0.106. The normalized spacial score (nSPS) is 11.6. The predicted octanol–water partition coefficient (Wildman–Crippen LogP) is 6.78. The van der Waals surface area contributed by atoms with E-state index in [1.54, 1.807) is 39.8 Å². The van der Waals surface area contributed by atoms with Crippen LogP contribution >= 0.6 is 23.2 Å². The molecule has 2 rings (SSSR count). The Hall–Kier alpha value is -2.92. The number of unbranched alkanes of at least 4 members (excludes halogenated alkanes) is 1. The number of benzene rings is 2. The Bertz CT molecular complexity index is 1380. The number of allylic oxidation sites excluding steroid dienone is 1. The maximum atomic E-state index is 13.0. The van der Waals surface area contributed by atoms with Crippen molar-refractivity contribution in [3.63, 3.8) is 0 Å². The molecule has 0 spiro atoms. The second-order valence-corrected chi connectivity index (χ2v) is 12.5. The molecule has 2 amide bonds. The fourth-order valence-electron chi connectivity index (χ4n) is 3.34. The minimum absolute atomic E-state index is 0.0391. The number of hydrogen-bond donors (Lipinski definition) is 0. The number of Topliss-reactive ketones (excluding diaryl/α,β-unsaturated/α-hetero) is 1. The monoisotopic (exact) mass is 627 g/mol. The average Bonchev–Trinajstić information content (AvgIpc) is 2.89. The SMILES string of the molecule is C=C(CC)C(=O)c1ccc(OCC(=O)N(CCCCOS(=O)(=O)c2ccc(C)cc2)C(=O)OC(C)(C)C)c(Cl)c1Cl. The lowest BCUT2D eigenvalue weighted by molar-refractivity contribution is -0.132. The third-order valence-corrected chi connectivity index (χ3v) is 7.82. The van der Waals surface area contributed by atoms with Crippen molar-refractivity contribution < 1.29 is 36.5 Å². The van der Waals surface area contributed by atoms with Crippen LogP contribution in [-0.2, 0) is 23.8 Å². The third-order valence-electron chi connectivity index (χ3n) is 5.63. The van der Waals surface area contributed by atoms with Crippen molar-refractivity contribution in [2.45, 2.75) is 64.4 Å². The molecule has 0 atom stereocenters. The summed E-state index contributed by atoms with van der Waals surface area (Å²) in [7, 11) is -3.94. The Morgan fingerprint density at radius 2 is 1.61 bits per heavy atom. The van der Waals surface area contributed by atoms with Gasteiger partial charge in [0.2, 0.25) is 0 Å². The van der Waals surface area contributed by atoms with Crippen LogP contribution < -0.4 is 4.74 Å². The third kappa shape index (κ3) is 10.1. The molecule has 0 unspecified atom stereocenters. The number of carbonyl (C=O) groups excluding carboxylic acids is 3. The minimum atomic E-state index is -3.94. The second-order valence-electron chi connectivity index (χ2n) is 10.1. The zero-order valence-corrected chi connectivity index (χ0v) is 26.1. The van der Waals surface area contributed by atoms with Gasteiger partial charge in [-0.15, -0.1) is 0 Å². The fourth-order valence-corrected chi connectivity index (χ4v) is 4.74. The summed E-state index contributed by atoms with van der Waals surface area (Å²) in [6.45, 7) is 11.5. The van der Waals surface area contributed by atoms with Gasteiger partial charge in [-0.3, -0.25) is 13.8 Å². The lowest BCUT2D eigenvalue weighted by Crippen LogP contribution is -2.43. The summed E-state index contributed by atoms with van der Waals surface area (Å²) in [6.07, 6.45) is 0.0224. The Labute approximate surface area is 251 Å². The quantitative estimate of drug-likeness (QED) is 0.103. The Balaban J connectivity index is 2.04. The van der Waals surface area contributed by atoms with E-state index in [1.807, 2.05) is 6.92 Å². The van der Waals surface area contributed by atoms with E-state index in [9.17, 15) is 22.8 Å². The van der Waals surface area contributed by atoms with Crippen LogP contribution in [0.5, 0.6) is 5.75 Å². The van der Waals surface area contributed by atoms with Crippen molar-refractivity contribution in [1.82, 2.24) is 4.90 Å². The number of imide groups is 1. The van der Waals surface area contributed by atoms with E-state index < -0.39 is 34.3 Å². The number of ether oxygens (including phenoxy) is 2. The fraction of sp³-hybridized carbons (Fsp3) is 0.414. The average molecular weight is 629 g/mol. The van der Waals surface area contributed by atoms with Crippen LogP contribution in [0.2, 0.25) is 10.0 Å². The molecule has 224 valence electrons. The highest BCUT2D eigenvalue weighted by Gasteiger charge is 2.28. The smallest absolute Gasteiger partial charge is 0.417 e. The molecule has 0 fully saturated rings. The molecule has 12 heteroatoms. The number of nitrogens with zero attached hydrogens (tertiary/aromatic N) is 1. The van der Waals surface area contributed by atoms with E-state index in [0.29, 0.717) is 12.0 Å². The van der Waals surface area contributed by atoms with Crippen molar-refractivity contribution in [3.8, 4) is 5.75 Å². The van der Waals surface area contributed by atoms with Gasteiger partial charge in [-0.1, -0.05) is 54.4 Å². The van der Waals surface area contributed by atoms with Crippen molar-refractivity contribution in [3.05, 3.63) is 69.7 Å². The largest absolute Gasteiger partial charge is 0.482 e. The number of hydrogen-bond acceptors (Lipinski definition) is 8. The van der Waals surface area contributed by atoms with Crippen LogP contribution in [-0.4, -0.2) is 56.5 Å². The van der Waals surface area contributed by atoms with E-state index in [1.165, 1.54) is 24.3 Å².